The Kier molecular flexibility index (Phi) is 4.81. The highest BCUT2D eigenvalue weighted by Gasteiger charge is 2.33. The van der Waals surface area contributed by atoms with E-state index < -0.39 is 15.9 Å². The molecule has 1 heterocycles. The monoisotopic (exact) mass is 297 g/mol. The number of aromatic nitrogens is 1. The highest BCUT2D eigenvalue weighted by Crippen LogP contribution is 2.37. The molecule has 0 bridgehead atoms. The van der Waals surface area contributed by atoms with Crippen molar-refractivity contribution in [3.8, 4) is 0 Å². The van der Waals surface area contributed by atoms with E-state index in [1.807, 2.05) is 19.1 Å². The number of hydrogen-bond donors (Lipinski definition) is 1. The molecule has 0 spiro atoms. The zero-order valence-corrected chi connectivity index (χ0v) is 12.9. The van der Waals surface area contributed by atoms with Gasteiger partial charge in [0.05, 0.1) is 17.0 Å². The molecular formula is C15H23NO3S. The van der Waals surface area contributed by atoms with Crippen molar-refractivity contribution < 1.29 is 13.5 Å². The van der Waals surface area contributed by atoms with Crippen molar-refractivity contribution >= 4 is 9.84 Å². The molecule has 4 nitrogen and oxygen atoms in total. The Morgan fingerprint density at radius 2 is 2.20 bits per heavy atom. The summed E-state index contributed by atoms with van der Waals surface area (Å²) in [7, 11) is -3.02. The maximum atomic E-state index is 11.7. The number of rotatable bonds is 4. The summed E-state index contributed by atoms with van der Waals surface area (Å²) in [5.41, 5.74) is 1.76. The largest absolute Gasteiger partial charge is 0.387 e. The maximum Gasteiger partial charge on any atom is 0.150 e. The average Bonchev–Trinajstić information content (AvgIpc) is 2.45. The molecule has 3 atom stereocenters. The van der Waals surface area contributed by atoms with Gasteiger partial charge in [-0.25, -0.2) is 8.42 Å². The van der Waals surface area contributed by atoms with Crippen LogP contribution in [0.1, 0.15) is 50.0 Å². The van der Waals surface area contributed by atoms with Gasteiger partial charge in [-0.3, -0.25) is 4.98 Å². The summed E-state index contributed by atoms with van der Waals surface area (Å²) < 4.78 is 23.4. The molecule has 3 unspecified atom stereocenters. The molecule has 0 aliphatic heterocycles. The zero-order chi connectivity index (χ0) is 14.8. The normalized spacial score (nSPS) is 25.4. The predicted molar refractivity (Wildman–Crippen MR) is 79.2 cm³/mol. The molecule has 0 aromatic carbocycles. The number of hydrogen-bond acceptors (Lipinski definition) is 4. The lowest BCUT2D eigenvalue weighted by Crippen LogP contribution is -2.30. The molecule has 2 rings (SSSR count). The third-order valence-electron chi connectivity index (χ3n) is 4.31. The van der Waals surface area contributed by atoms with Gasteiger partial charge in [-0.05, 0) is 43.2 Å². The second-order valence-corrected chi connectivity index (χ2v) is 8.05. The summed E-state index contributed by atoms with van der Waals surface area (Å²) in [4.78, 5) is 4.31. The SMILES string of the molecule is CCc1cccnc1C(O)C1CCCC(S(C)(=O)=O)C1. The van der Waals surface area contributed by atoms with E-state index >= 15 is 0 Å². The summed E-state index contributed by atoms with van der Waals surface area (Å²) in [5, 5.41) is 10.3. The van der Waals surface area contributed by atoms with Gasteiger partial charge in [-0.2, -0.15) is 0 Å². The molecule has 112 valence electrons. The first-order valence-electron chi connectivity index (χ1n) is 7.24. The summed E-state index contributed by atoms with van der Waals surface area (Å²) in [5.74, 6) is -0.0105. The summed E-state index contributed by atoms with van der Waals surface area (Å²) in [6.07, 6.45) is 6.13. The molecule has 1 fully saturated rings. The van der Waals surface area contributed by atoms with Gasteiger partial charge in [-0.15, -0.1) is 0 Å². The van der Waals surface area contributed by atoms with Crippen molar-refractivity contribution in [1.82, 2.24) is 4.98 Å². The standard InChI is InChI=1S/C15H23NO3S/c1-3-11-7-5-9-16-14(11)15(17)12-6-4-8-13(10-12)20(2,18)19/h5,7,9,12-13,15,17H,3-4,6,8,10H2,1-2H3. The summed E-state index contributed by atoms with van der Waals surface area (Å²) in [6, 6.07) is 3.84. The number of sulfone groups is 1. The van der Waals surface area contributed by atoms with E-state index in [0.717, 1.165) is 24.8 Å². The van der Waals surface area contributed by atoms with E-state index in [9.17, 15) is 13.5 Å². The molecule has 0 saturated heterocycles. The van der Waals surface area contributed by atoms with E-state index in [1.165, 1.54) is 6.26 Å². The van der Waals surface area contributed by atoms with Crippen LogP contribution in [0.25, 0.3) is 0 Å². The second-order valence-electron chi connectivity index (χ2n) is 5.72. The molecule has 20 heavy (non-hydrogen) atoms. The van der Waals surface area contributed by atoms with E-state index in [2.05, 4.69) is 4.98 Å². The third-order valence-corrected chi connectivity index (χ3v) is 5.94. The van der Waals surface area contributed by atoms with Crippen LogP contribution in [0, 0.1) is 5.92 Å². The lowest BCUT2D eigenvalue weighted by atomic mass is 9.82. The number of aliphatic hydroxyl groups excluding tert-OH is 1. The Bertz CT molecular complexity index is 556. The molecule has 0 amide bonds. The van der Waals surface area contributed by atoms with Gasteiger partial charge in [0.15, 0.2) is 0 Å². The third kappa shape index (κ3) is 3.38. The van der Waals surface area contributed by atoms with Gasteiger partial charge >= 0.3 is 0 Å². The molecule has 1 aliphatic carbocycles. The Labute approximate surface area is 121 Å². The lowest BCUT2D eigenvalue weighted by molar-refractivity contribution is 0.0812. The average molecular weight is 297 g/mol. The van der Waals surface area contributed by atoms with E-state index in [4.69, 9.17) is 0 Å². The van der Waals surface area contributed by atoms with Crippen molar-refractivity contribution in [1.29, 1.82) is 0 Å². The fraction of sp³-hybridized carbons (Fsp3) is 0.667. The molecular weight excluding hydrogens is 274 g/mol. The number of nitrogens with zero attached hydrogens (tertiary/aromatic N) is 1. The molecule has 1 aromatic rings. The fourth-order valence-electron chi connectivity index (χ4n) is 3.10. The molecule has 5 heteroatoms. The molecule has 1 N–H and O–H groups in total. The summed E-state index contributed by atoms with van der Waals surface area (Å²) >= 11 is 0. The van der Waals surface area contributed by atoms with Crippen LogP contribution >= 0.6 is 0 Å². The van der Waals surface area contributed by atoms with Crippen molar-refractivity contribution in [3.05, 3.63) is 29.6 Å². The highest BCUT2D eigenvalue weighted by molar-refractivity contribution is 7.91. The lowest BCUT2D eigenvalue weighted by Gasteiger charge is -2.31. The molecule has 1 aliphatic rings. The Morgan fingerprint density at radius 1 is 1.45 bits per heavy atom. The minimum Gasteiger partial charge on any atom is -0.387 e. The quantitative estimate of drug-likeness (QED) is 0.926. The fourth-order valence-corrected chi connectivity index (χ4v) is 4.29. The van der Waals surface area contributed by atoms with Crippen LogP contribution in [-0.4, -0.2) is 30.0 Å². The van der Waals surface area contributed by atoms with Crippen molar-refractivity contribution in [2.24, 2.45) is 5.92 Å². The van der Waals surface area contributed by atoms with Crippen LogP contribution in [0.2, 0.25) is 0 Å². The first-order valence-corrected chi connectivity index (χ1v) is 9.19. The first-order chi connectivity index (χ1) is 9.43. The predicted octanol–water partition coefficient (Wildman–Crippen LogP) is 2.28. The van der Waals surface area contributed by atoms with E-state index in [0.29, 0.717) is 18.5 Å². The number of aryl methyl sites for hydroxylation is 1. The second kappa shape index (κ2) is 6.22. The van der Waals surface area contributed by atoms with Gasteiger partial charge in [-0.1, -0.05) is 19.4 Å². The molecule has 1 aromatic heterocycles. The van der Waals surface area contributed by atoms with Crippen LogP contribution in [0.3, 0.4) is 0 Å². The van der Waals surface area contributed by atoms with Crippen LogP contribution < -0.4 is 0 Å². The Balaban J connectivity index is 2.18. The number of aliphatic hydroxyl groups is 1. The van der Waals surface area contributed by atoms with E-state index in [-0.39, 0.29) is 11.2 Å². The Hall–Kier alpha value is -0.940. The smallest absolute Gasteiger partial charge is 0.150 e. The van der Waals surface area contributed by atoms with Gasteiger partial charge in [0, 0.05) is 12.5 Å². The van der Waals surface area contributed by atoms with Crippen LogP contribution in [0.15, 0.2) is 18.3 Å². The van der Waals surface area contributed by atoms with Gasteiger partial charge in [0.2, 0.25) is 0 Å². The topological polar surface area (TPSA) is 67.3 Å². The minimum atomic E-state index is -3.02. The van der Waals surface area contributed by atoms with Crippen LogP contribution in [0.4, 0.5) is 0 Å². The van der Waals surface area contributed by atoms with Crippen LogP contribution in [0.5, 0.6) is 0 Å². The zero-order valence-electron chi connectivity index (χ0n) is 12.1. The molecule has 0 radical (unpaired) electrons. The summed E-state index contributed by atoms with van der Waals surface area (Å²) in [6.45, 7) is 2.04. The van der Waals surface area contributed by atoms with Crippen LogP contribution in [-0.2, 0) is 16.3 Å². The van der Waals surface area contributed by atoms with Crippen molar-refractivity contribution in [2.75, 3.05) is 6.26 Å². The number of pyridine rings is 1. The first kappa shape index (κ1) is 15.4. The maximum absolute atomic E-state index is 11.7. The van der Waals surface area contributed by atoms with Gasteiger partial charge in [0.25, 0.3) is 0 Å². The highest BCUT2D eigenvalue weighted by atomic mass is 32.2. The van der Waals surface area contributed by atoms with Gasteiger partial charge in [0.1, 0.15) is 9.84 Å². The van der Waals surface area contributed by atoms with Crippen molar-refractivity contribution in [2.45, 2.75) is 50.4 Å². The molecule has 1 saturated carbocycles. The van der Waals surface area contributed by atoms with Gasteiger partial charge < -0.3 is 5.11 Å². The van der Waals surface area contributed by atoms with Crippen molar-refractivity contribution in [3.63, 3.8) is 0 Å². The minimum absolute atomic E-state index is 0.0105. The van der Waals surface area contributed by atoms with E-state index in [1.54, 1.807) is 6.20 Å². The Morgan fingerprint density at radius 3 is 2.85 bits per heavy atom.